The van der Waals surface area contributed by atoms with Gasteiger partial charge in [-0.3, -0.25) is 9.40 Å². The van der Waals surface area contributed by atoms with Gasteiger partial charge in [0.1, 0.15) is 0 Å². The first-order valence-corrected chi connectivity index (χ1v) is 6.60. The van der Waals surface area contributed by atoms with Gasteiger partial charge >= 0.3 is 0 Å². The smallest absolute Gasteiger partial charge is 0.232 e. The number of hydrogen-bond acceptors (Lipinski definition) is 3. The van der Waals surface area contributed by atoms with Gasteiger partial charge in [0.2, 0.25) is 10.0 Å². The highest BCUT2D eigenvalue weighted by atomic mass is 32.2. The minimum atomic E-state index is -3.21. The van der Waals surface area contributed by atoms with Gasteiger partial charge in [-0.2, -0.15) is 5.10 Å². The summed E-state index contributed by atoms with van der Waals surface area (Å²) >= 11 is 0. The maximum absolute atomic E-state index is 11.6. The van der Waals surface area contributed by atoms with Crippen LogP contribution in [0.25, 0.3) is 0 Å². The number of unbranched alkanes of at least 4 members (excludes halogenated alkanes) is 1. The van der Waals surface area contributed by atoms with E-state index in [4.69, 9.17) is 0 Å². The summed E-state index contributed by atoms with van der Waals surface area (Å²) in [4.78, 5) is 0. The van der Waals surface area contributed by atoms with Gasteiger partial charge in [0.25, 0.3) is 0 Å². The Bertz CT molecular complexity index is 423. The molecule has 0 amide bonds. The van der Waals surface area contributed by atoms with Crippen LogP contribution in [0, 0.1) is 6.92 Å². The number of sulfonamides is 1. The average molecular weight is 231 g/mol. The molecule has 1 N–H and O–H groups in total. The lowest BCUT2D eigenvalue weighted by Gasteiger charge is -2.05. The number of rotatable bonds is 5. The van der Waals surface area contributed by atoms with Gasteiger partial charge in [0.05, 0.1) is 17.1 Å². The fourth-order valence-corrected chi connectivity index (χ4v) is 2.56. The van der Waals surface area contributed by atoms with Gasteiger partial charge in [-0.1, -0.05) is 13.3 Å². The molecule has 0 spiro atoms. The topological polar surface area (TPSA) is 64.0 Å². The van der Waals surface area contributed by atoms with Crippen molar-refractivity contribution in [2.45, 2.75) is 26.7 Å². The first kappa shape index (κ1) is 12.0. The van der Waals surface area contributed by atoms with E-state index in [1.165, 1.54) is 0 Å². The number of aryl methyl sites for hydroxylation is 2. The summed E-state index contributed by atoms with van der Waals surface area (Å²) in [5.74, 6) is 0.165. The molecule has 15 heavy (non-hydrogen) atoms. The molecule has 1 aromatic heterocycles. The molecule has 1 heterocycles. The van der Waals surface area contributed by atoms with Crippen LogP contribution in [-0.2, 0) is 17.1 Å². The van der Waals surface area contributed by atoms with Crippen molar-refractivity contribution in [1.29, 1.82) is 0 Å². The predicted molar refractivity (Wildman–Crippen MR) is 60.3 cm³/mol. The largest absolute Gasteiger partial charge is 0.280 e. The summed E-state index contributed by atoms with van der Waals surface area (Å²) in [6.07, 6.45) is 3.21. The molecule has 5 nitrogen and oxygen atoms in total. The third-order valence-corrected chi connectivity index (χ3v) is 3.40. The van der Waals surface area contributed by atoms with Crippen LogP contribution < -0.4 is 4.72 Å². The van der Waals surface area contributed by atoms with Crippen molar-refractivity contribution in [3.63, 3.8) is 0 Å². The summed E-state index contributed by atoms with van der Waals surface area (Å²) < 4.78 is 27.3. The van der Waals surface area contributed by atoms with Crippen LogP contribution in [-0.4, -0.2) is 24.0 Å². The molecule has 0 saturated carbocycles. The molecule has 86 valence electrons. The molecule has 0 unspecified atom stereocenters. The van der Waals surface area contributed by atoms with Crippen LogP contribution in [0.5, 0.6) is 0 Å². The highest BCUT2D eigenvalue weighted by molar-refractivity contribution is 7.92. The van der Waals surface area contributed by atoms with E-state index in [2.05, 4.69) is 9.82 Å². The number of anilines is 1. The SMILES string of the molecule is CCCCS(=O)(=O)Nc1cn(C)nc1C. The predicted octanol–water partition coefficient (Wildman–Crippen LogP) is 1.27. The summed E-state index contributed by atoms with van der Waals surface area (Å²) in [7, 11) is -1.45. The van der Waals surface area contributed by atoms with Gasteiger partial charge in [0, 0.05) is 13.2 Å². The van der Waals surface area contributed by atoms with E-state index in [9.17, 15) is 8.42 Å². The lowest BCUT2D eigenvalue weighted by molar-refractivity contribution is 0.598. The van der Waals surface area contributed by atoms with Crippen LogP contribution in [0.1, 0.15) is 25.5 Å². The molecule has 6 heteroatoms. The third kappa shape index (κ3) is 3.54. The van der Waals surface area contributed by atoms with E-state index in [0.29, 0.717) is 17.8 Å². The molecule has 1 aromatic rings. The van der Waals surface area contributed by atoms with Gasteiger partial charge in [-0.05, 0) is 13.3 Å². The molecule has 0 fully saturated rings. The van der Waals surface area contributed by atoms with Crippen molar-refractivity contribution in [2.24, 2.45) is 7.05 Å². The zero-order chi connectivity index (χ0) is 11.5. The van der Waals surface area contributed by atoms with Crippen molar-refractivity contribution < 1.29 is 8.42 Å². The van der Waals surface area contributed by atoms with Crippen LogP contribution in [0.2, 0.25) is 0 Å². The second kappa shape index (κ2) is 4.65. The Morgan fingerprint density at radius 1 is 1.53 bits per heavy atom. The minimum absolute atomic E-state index is 0.165. The van der Waals surface area contributed by atoms with E-state index in [1.807, 2.05) is 6.92 Å². The molecular formula is C9H17N3O2S. The van der Waals surface area contributed by atoms with Crippen molar-refractivity contribution in [3.8, 4) is 0 Å². The first-order chi connectivity index (χ1) is 6.94. The standard InChI is InChI=1S/C9H17N3O2S/c1-4-5-6-15(13,14)11-9-7-12(3)10-8(9)2/h7,11H,4-6H2,1-3H3. The quantitative estimate of drug-likeness (QED) is 0.830. The highest BCUT2D eigenvalue weighted by Crippen LogP contribution is 2.13. The zero-order valence-corrected chi connectivity index (χ0v) is 10.1. The zero-order valence-electron chi connectivity index (χ0n) is 9.32. The van der Waals surface area contributed by atoms with E-state index in [1.54, 1.807) is 24.9 Å². The monoisotopic (exact) mass is 231 g/mol. The van der Waals surface area contributed by atoms with Gasteiger partial charge < -0.3 is 0 Å². The average Bonchev–Trinajstić information content (AvgIpc) is 2.41. The maximum Gasteiger partial charge on any atom is 0.232 e. The summed E-state index contributed by atoms with van der Waals surface area (Å²) in [5, 5.41) is 4.07. The Morgan fingerprint density at radius 2 is 2.20 bits per heavy atom. The van der Waals surface area contributed by atoms with Gasteiger partial charge in [-0.25, -0.2) is 8.42 Å². The summed E-state index contributed by atoms with van der Waals surface area (Å²) in [5.41, 5.74) is 1.26. The number of nitrogens with one attached hydrogen (secondary N) is 1. The molecule has 0 bridgehead atoms. The molecule has 1 rings (SSSR count). The van der Waals surface area contributed by atoms with Gasteiger partial charge in [-0.15, -0.1) is 0 Å². The molecule has 0 aromatic carbocycles. The Kier molecular flexibility index (Phi) is 3.73. The molecule has 0 aliphatic heterocycles. The number of hydrogen-bond donors (Lipinski definition) is 1. The number of aromatic nitrogens is 2. The van der Waals surface area contributed by atoms with Crippen LogP contribution >= 0.6 is 0 Å². The molecule has 0 radical (unpaired) electrons. The van der Waals surface area contributed by atoms with Crippen molar-refractivity contribution in [2.75, 3.05) is 10.5 Å². The van der Waals surface area contributed by atoms with Crippen LogP contribution in [0.3, 0.4) is 0 Å². The van der Waals surface area contributed by atoms with Gasteiger partial charge in [0.15, 0.2) is 0 Å². The van der Waals surface area contributed by atoms with Crippen molar-refractivity contribution >= 4 is 15.7 Å². The van der Waals surface area contributed by atoms with Crippen molar-refractivity contribution in [1.82, 2.24) is 9.78 Å². The third-order valence-electron chi connectivity index (χ3n) is 2.05. The second-order valence-electron chi connectivity index (χ2n) is 3.58. The Hall–Kier alpha value is -1.04. The molecule has 0 aliphatic carbocycles. The van der Waals surface area contributed by atoms with Crippen molar-refractivity contribution in [3.05, 3.63) is 11.9 Å². The highest BCUT2D eigenvalue weighted by Gasteiger charge is 2.12. The second-order valence-corrected chi connectivity index (χ2v) is 5.42. The Morgan fingerprint density at radius 3 is 2.67 bits per heavy atom. The fraction of sp³-hybridized carbons (Fsp3) is 0.667. The first-order valence-electron chi connectivity index (χ1n) is 4.95. The fourth-order valence-electron chi connectivity index (χ4n) is 1.25. The Labute approximate surface area is 90.5 Å². The number of nitrogens with zero attached hydrogens (tertiary/aromatic N) is 2. The Balaban J connectivity index is 2.73. The maximum atomic E-state index is 11.6. The van der Waals surface area contributed by atoms with E-state index in [-0.39, 0.29) is 5.75 Å². The summed E-state index contributed by atoms with van der Waals surface area (Å²) in [6, 6.07) is 0. The van der Waals surface area contributed by atoms with E-state index < -0.39 is 10.0 Å². The molecule has 0 saturated heterocycles. The lowest BCUT2D eigenvalue weighted by Crippen LogP contribution is -2.16. The van der Waals surface area contributed by atoms with Crippen LogP contribution in [0.4, 0.5) is 5.69 Å². The summed E-state index contributed by atoms with van der Waals surface area (Å²) in [6.45, 7) is 3.74. The van der Waals surface area contributed by atoms with E-state index >= 15 is 0 Å². The molecule has 0 atom stereocenters. The minimum Gasteiger partial charge on any atom is -0.280 e. The normalized spacial score (nSPS) is 11.7. The van der Waals surface area contributed by atoms with E-state index in [0.717, 1.165) is 6.42 Å². The molecular weight excluding hydrogens is 214 g/mol. The van der Waals surface area contributed by atoms with Crippen LogP contribution in [0.15, 0.2) is 6.20 Å². The lowest BCUT2D eigenvalue weighted by atomic mass is 10.4. The molecule has 0 aliphatic rings.